The van der Waals surface area contributed by atoms with Gasteiger partial charge in [-0.2, -0.15) is 0 Å². The number of fused-ring (bicyclic) bond motifs is 1. The number of likely N-dealkylation sites (tertiary alicyclic amines) is 1. The van der Waals surface area contributed by atoms with Crippen molar-refractivity contribution in [2.45, 2.75) is 44.6 Å². The Morgan fingerprint density at radius 2 is 1.96 bits per heavy atom. The van der Waals surface area contributed by atoms with Crippen LogP contribution < -0.4 is 15.4 Å². The Bertz CT molecular complexity index is 527. The van der Waals surface area contributed by atoms with Gasteiger partial charge in [0.1, 0.15) is 12.4 Å². The van der Waals surface area contributed by atoms with E-state index in [0.717, 1.165) is 37.2 Å². The molecular formula is C19H29N3O2. The van der Waals surface area contributed by atoms with E-state index < -0.39 is 0 Å². The average Bonchev–Trinajstić information content (AvgIpc) is 2.87. The molecule has 0 spiro atoms. The normalized spacial score (nSPS) is 21.2. The maximum absolute atomic E-state index is 12.0. The minimum absolute atomic E-state index is 0.0468. The van der Waals surface area contributed by atoms with Crippen molar-refractivity contribution in [2.75, 3.05) is 32.8 Å². The second-order valence-electron chi connectivity index (χ2n) is 6.83. The molecule has 0 radical (unpaired) electrons. The Labute approximate surface area is 144 Å². The fourth-order valence-corrected chi connectivity index (χ4v) is 3.52. The lowest BCUT2D eigenvalue weighted by molar-refractivity contribution is 0.213. The number of carbonyl (C=O) groups is 1. The molecule has 1 aromatic carbocycles. The van der Waals surface area contributed by atoms with Crippen LogP contribution in [-0.2, 0) is 6.42 Å². The van der Waals surface area contributed by atoms with Crippen LogP contribution >= 0.6 is 0 Å². The number of hydrogen-bond donors (Lipinski definition) is 2. The van der Waals surface area contributed by atoms with Crippen LogP contribution in [0, 0.1) is 0 Å². The summed E-state index contributed by atoms with van der Waals surface area (Å²) in [7, 11) is 0. The van der Waals surface area contributed by atoms with Gasteiger partial charge in [-0.1, -0.05) is 31.0 Å². The van der Waals surface area contributed by atoms with E-state index in [0.29, 0.717) is 6.61 Å². The number of hydrogen-bond acceptors (Lipinski definition) is 3. The van der Waals surface area contributed by atoms with Gasteiger partial charge >= 0.3 is 6.03 Å². The van der Waals surface area contributed by atoms with Gasteiger partial charge in [-0.3, -0.25) is 0 Å². The highest BCUT2D eigenvalue weighted by Crippen LogP contribution is 2.23. The number of nitrogens with one attached hydrogen (secondary N) is 2. The molecule has 3 rings (SSSR count). The number of benzene rings is 1. The van der Waals surface area contributed by atoms with Crippen LogP contribution in [0.4, 0.5) is 4.79 Å². The van der Waals surface area contributed by atoms with E-state index in [1.54, 1.807) is 0 Å². The molecule has 0 unspecified atom stereocenters. The lowest BCUT2D eigenvalue weighted by atomic mass is 10.0. The molecule has 2 N–H and O–H groups in total. The van der Waals surface area contributed by atoms with E-state index in [1.807, 2.05) is 18.2 Å². The summed E-state index contributed by atoms with van der Waals surface area (Å²) >= 11 is 0. The first-order valence-electron chi connectivity index (χ1n) is 9.29. The fraction of sp³-hybridized carbons (Fsp3) is 0.632. The molecule has 0 aromatic heterocycles. The Balaban J connectivity index is 1.31. The largest absolute Gasteiger partial charge is 0.491 e. The SMILES string of the molecule is O=C(NCCCN1CCCCCC1)N[C@@H]1COc2ccccc2C1. The Hall–Kier alpha value is -1.75. The predicted octanol–water partition coefficient (Wildman–Crippen LogP) is 2.56. The molecule has 1 fully saturated rings. The summed E-state index contributed by atoms with van der Waals surface area (Å²) in [6, 6.07) is 7.98. The van der Waals surface area contributed by atoms with Gasteiger partial charge in [0, 0.05) is 6.54 Å². The zero-order valence-electron chi connectivity index (χ0n) is 14.4. The lowest BCUT2D eigenvalue weighted by Crippen LogP contribution is -2.47. The van der Waals surface area contributed by atoms with Crippen molar-refractivity contribution >= 4 is 6.03 Å². The fourth-order valence-electron chi connectivity index (χ4n) is 3.52. The maximum Gasteiger partial charge on any atom is 0.315 e. The molecular weight excluding hydrogens is 302 g/mol. The van der Waals surface area contributed by atoms with Crippen LogP contribution in [0.5, 0.6) is 5.75 Å². The van der Waals surface area contributed by atoms with Crippen LogP contribution in [0.2, 0.25) is 0 Å². The summed E-state index contributed by atoms with van der Waals surface area (Å²) < 4.78 is 5.70. The third-order valence-corrected chi connectivity index (χ3v) is 4.85. The molecule has 1 atom stereocenters. The Morgan fingerprint density at radius 3 is 2.79 bits per heavy atom. The molecule has 1 aromatic rings. The Morgan fingerprint density at radius 1 is 1.17 bits per heavy atom. The Kier molecular flexibility index (Phi) is 6.35. The van der Waals surface area contributed by atoms with Crippen LogP contribution in [0.15, 0.2) is 24.3 Å². The number of ether oxygens (including phenoxy) is 1. The van der Waals surface area contributed by atoms with Crippen molar-refractivity contribution in [1.82, 2.24) is 15.5 Å². The summed E-state index contributed by atoms with van der Waals surface area (Å²) in [4.78, 5) is 14.6. The van der Waals surface area contributed by atoms with Crippen molar-refractivity contribution in [3.63, 3.8) is 0 Å². The molecule has 0 saturated carbocycles. The molecule has 0 bridgehead atoms. The smallest absolute Gasteiger partial charge is 0.315 e. The number of nitrogens with zero attached hydrogens (tertiary/aromatic N) is 1. The van der Waals surface area contributed by atoms with Crippen LogP contribution in [-0.4, -0.2) is 49.8 Å². The summed E-state index contributed by atoms with van der Waals surface area (Å²) in [5.74, 6) is 0.938. The van der Waals surface area contributed by atoms with Gasteiger partial charge in [0.25, 0.3) is 0 Å². The summed E-state index contributed by atoms with van der Waals surface area (Å²) in [6.07, 6.45) is 7.20. The minimum Gasteiger partial charge on any atom is -0.491 e. The summed E-state index contributed by atoms with van der Waals surface area (Å²) in [6.45, 7) is 4.78. The molecule has 1 saturated heterocycles. The van der Waals surface area contributed by atoms with E-state index in [2.05, 4.69) is 21.6 Å². The number of urea groups is 1. The van der Waals surface area contributed by atoms with E-state index in [9.17, 15) is 4.79 Å². The first-order valence-corrected chi connectivity index (χ1v) is 9.29. The van der Waals surface area contributed by atoms with E-state index in [4.69, 9.17) is 4.74 Å². The van der Waals surface area contributed by atoms with Gasteiger partial charge in [-0.15, -0.1) is 0 Å². The lowest BCUT2D eigenvalue weighted by Gasteiger charge is -2.26. The number of amides is 2. The number of rotatable bonds is 5. The third-order valence-electron chi connectivity index (χ3n) is 4.85. The molecule has 5 nitrogen and oxygen atoms in total. The highest BCUT2D eigenvalue weighted by molar-refractivity contribution is 5.74. The van der Waals surface area contributed by atoms with Crippen LogP contribution in [0.1, 0.15) is 37.7 Å². The van der Waals surface area contributed by atoms with Gasteiger partial charge in [0.05, 0.1) is 6.04 Å². The second kappa shape index (κ2) is 8.92. The number of carbonyl (C=O) groups excluding carboxylic acids is 1. The molecule has 24 heavy (non-hydrogen) atoms. The van der Waals surface area contributed by atoms with E-state index in [-0.39, 0.29) is 12.1 Å². The molecule has 132 valence electrons. The van der Waals surface area contributed by atoms with Crippen molar-refractivity contribution in [3.8, 4) is 5.75 Å². The van der Waals surface area contributed by atoms with Crippen molar-refractivity contribution in [1.29, 1.82) is 0 Å². The monoisotopic (exact) mass is 331 g/mol. The van der Waals surface area contributed by atoms with Crippen molar-refractivity contribution in [2.24, 2.45) is 0 Å². The molecule has 2 aliphatic rings. The van der Waals surface area contributed by atoms with Gasteiger partial charge < -0.3 is 20.3 Å². The van der Waals surface area contributed by atoms with Gasteiger partial charge in [-0.25, -0.2) is 4.79 Å². The first kappa shape index (κ1) is 17.1. The van der Waals surface area contributed by atoms with Crippen molar-refractivity contribution in [3.05, 3.63) is 29.8 Å². The van der Waals surface area contributed by atoms with E-state index in [1.165, 1.54) is 38.8 Å². The molecule has 2 amide bonds. The van der Waals surface area contributed by atoms with E-state index >= 15 is 0 Å². The number of para-hydroxylation sites is 1. The average molecular weight is 331 g/mol. The summed E-state index contributed by atoms with van der Waals surface area (Å²) in [5, 5.41) is 6.00. The molecule has 2 heterocycles. The topological polar surface area (TPSA) is 53.6 Å². The maximum atomic E-state index is 12.0. The summed E-state index contributed by atoms with van der Waals surface area (Å²) in [5.41, 5.74) is 1.16. The minimum atomic E-state index is -0.0844. The predicted molar refractivity (Wildman–Crippen MR) is 95.5 cm³/mol. The van der Waals surface area contributed by atoms with Gasteiger partial charge in [0.2, 0.25) is 0 Å². The van der Waals surface area contributed by atoms with Gasteiger partial charge in [0.15, 0.2) is 0 Å². The highest BCUT2D eigenvalue weighted by atomic mass is 16.5. The molecule has 2 aliphatic heterocycles. The standard InChI is InChI=1S/C19H29N3O2/c23-19(20-10-7-13-22-11-5-1-2-6-12-22)21-17-14-16-8-3-4-9-18(16)24-15-17/h3-4,8-9,17H,1-2,5-7,10-15H2,(H2,20,21,23)/t17-/m0/s1. The molecule has 5 heteroatoms. The molecule has 0 aliphatic carbocycles. The second-order valence-corrected chi connectivity index (χ2v) is 6.83. The van der Waals surface area contributed by atoms with Crippen molar-refractivity contribution < 1.29 is 9.53 Å². The zero-order chi connectivity index (χ0) is 16.6. The highest BCUT2D eigenvalue weighted by Gasteiger charge is 2.20. The van der Waals surface area contributed by atoms with Gasteiger partial charge in [-0.05, 0) is 56.9 Å². The first-order chi connectivity index (χ1) is 11.8. The van der Waals surface area contributed by atoms with Crippen LogP contribution in [0.25, 0.3) is 0 Å². The zero-order valence-corrected chi connectivity index (χ0v) is 14.4. The van der Waals surface area contributed by atoms with Crippen LogP contribution in [0.3, 0.4) is 0 Å². The third kappa shape index (κ3) is 5.13. The quantitative estimate of drug-likeness (QED) is 0.815.